The van der Waals surface area contributed by atoms with E-state index in [4.69, 9.17) is 4.74 Å². The minimum Gasteiger partial charge on any atom is -0.493 e. The summed E-state index contributed by atoms with van der Waals surface area (Å²) in [5.74, 6) is 4.66. The van der Waals surface area contributed by atoms with Crippen molar-refractivity contribution in [2.24, 2.45) is 23.7 Å². The van der Waals surface area contributed by atoms with E-state index >= 15 is 0 Å². The van der Waals surface area contributed by atoms with Gasteiger partial charge in [0.1, 0.15) is 5.75 Å². The third-order valence-electron chi connectivity index (χ3n) is 8.71. The first-order valence-electron chi connectivity index (χ1n) is 15.1. The lowest BCUT2D eigenvalue weighted by Gasteiger charge is -2.28. The predicted molar refractivity (Wildman–Crippen MR) is 149 cm³/mol. The van der Waals surface area contributed by atoms with Gasteiger partial charge in [0.25, 0.3) is 0 Å². The molecule has 1 aromatic carbocycles. The number of ether oxygens (including phenoxy) is 1. The molecule has 0 spiro atoms. The first-order chi connectivity index (χ1) is 16.8. The van der Waals surface area contributed by atoms with Gasteiger partial charge in [-0.05, 0) is 92.7 Å². The molecule has 3 rings (SSSR count). The Morgan fingerprint density at radius 1 is 0.706 bits per heavy atom. The van der Waals surface area contributed by atoms with Gasteiger partial charge in [-0.2, -0.15) is 0 Å². The zero-order chi connectivity index (χ0) is 23.8. The molecule has 0 radical (unpaired) electrons. The lowest BCUT2D eigenvalue weighted by atomic mass is 9.79. The molecule has 1 heteroatoms. The highest BCUT2D eigenvalue weighted by molar-refractivity contribution is 5.27. The van der Waals surface area contributed by atoms with Crippen LogP contribution in [-0.2, 0) is 6.42 Å². The molecule has 0 heterocycles. The summed E-state index contributed by atoms with van der Waals surface area (Å²) in [5.41, 5.74) is 1.43. The quantitative estimate of drug-likeness (QED) is 0.184. The van der Waals surface area contributed by atoms with E-state index in [1.165, 1.54) is 108 Å². The van der Waals surface area contributed by atoms with E-state index in [1.807, 2.05) is 0 Å². The second-order valence-electron chi connectivity index (χ2n) is 11.6. The van der Waals surface area contributed by atoms with E-state index in [9.17, 15) is 0 Å². The summed E-state index contributed by atoms with van der Waals surface area (Å²) in [7, 11) is 0. The Hall–Kier alpha value is -1.24. The van der Waals surface area contributed by atoms with Crippen molar-refractivity contribution < 1.29 is 4.74 Å². The van der Waals surface area contributed by atoms with Crippen LogP contribution < -0.4 is 4.74 Å². The Morgan fingerprint density at radius 2 is 1.26 bits per heavy atom. The topological polar surface area (TPSA) is 9.23 Å². The monoisotopic (exact) mass is 466 g/mol. The van der Waals surface area contributed by atoms with Crippen LogP contribution in [0.5, 0.6) is 5.75 Å². The molecule has 192 valence electrons. The average molecular weight is 467 g/mol. The molecule has 2 aliphatic carbocycles. The van der Waals surface area contributed by atoms with Crippen molar-refractivity contribution in [3.05, 3.63) is 42.0 Å². The van der Waals surface area contributed by atoms with Crippen LogP contribution in [0.3, 0.4) is 0 Å². The van der Waals surface area contributed by atoms with Crippen LogP contribution in [-0.4, -0.2) is 6.61 Å². The maximum Gasteiger partial charge on any atom is 0.119 e. The third-order valence-corrected chi connectivity index (χ3v) is 8.71. The van der Waals surface area contributed by atoms with Crippen molar-refractivity contribution in [3.63, 3.8) is 0 Å². The maximum absolute atomic E-state index is 6.16. The number of rotatable bonds is 15. The molecule has 0 atom stereocenters. The van der Waals surface area contributed by atoms with Crippen molar-refractivity contribution >= 4 is 0 Å². The van der Waals surface area contributed by atoms with Gasteiger partial charge in [-0.3, -0.25) is 0 Å². The molecule has 0 unspecified atom stereocenters. The number of allylic oxidation sites excluding steroid dienone is 2. The van der Waals surface area contributed by atoms with Gasteiger partial charge in [-0.25, -0.2) is 0 Å². The van der Waals surface area contributed by atoms with Gasteiger partial charge < -0.3 is 4.74 Å². The molecule has 34 heavy (non-hydrogen) atoms. The van der Waals surface area contributed by atoms with Gasteiger partial charge >= 0.3 is 0 Å². The second-order valence-corrected chi connectivity index (χ2v) is 11.6. The highest BCUT2D eigenvalue weighted by atomic mass is 16.5. The van der Waals surface area contributed by atoms with Crippen LogP contribution in [0.2, 0.25) is 0 Å². The molecule has 1 aromatic rings. The van der Waals surface area contributed by atoms with Crippen molar-refractivity contribution in [2.45, 2.75) is 129 Å². The normalized spacial score (nSPS) is 25.6. The minimum atomic E-state index is 0.763. The number of hydrogen-bond acceptors (Lipinski definition) is 1. The SMILES string of the molecule is CCCCCC1CCC(/C=C/CCc2ccc(OCC3CCC(CCCCC)CC3)cc2)CC1. The zero-order valence-corrected chi connectivity index (χ0v) is 22.6. The molecular weight excluding hydrogens is 412 g/mol. The number of aryl methyl sites for hydroxylation is 1. The van der Waals surface area contributed by atoms with Gasteiger partial charge in [0.15, 0.2) is 0 Å². The molecule has 0 N–H and O–H groups in total. The number of unbranched alkanes of at least 4 members (excludes halogenated alkanes) is 4. The lowest BCUT2D eigenvalue weighted by molar-refractivity contribution is 0.177. The number of hydrogen-bond donors (Lipinski definition) is 0. The van der Waals surface area contributed by atoms with Crippen LogP contribution in [0.25, 0.3) is 0 Å². The smallest absolute Gasteiger partial charge is 0.119 e. The molecule has 1 nitrogen and oxygen atoms in total. The summed E-state index contributed by atoms with van der Waals surface area (Å²) in [6.07, 6.45) is 30.0. The van der Waals surface area contributed by atoms with Gasteiger partial charge in [0.05, 0.1) is 6.61 Å². The Bertz CT molecular complexity index is 644. The summed E-state index contributed by atoms with van der Waals surface area (Å²) in [5, 5.41) is 0. The van der Waals surface area contributed by atoms with Gasteiger partial charge in [-0.15, -0.1) is 0 Å². The summed E-state index contributed by atoms with van der Waals surface area (Å²) < 4.78 is 6.16. The largest absolute Gasteiger partial charge is 0.493 e. The van der Waals surface area contributed by atoms with E-state index < -0.39 is 0 Å². The lowest BCUT2D eigenvalue weighted by Crippen LogP contribution is -2.20. The summed E-state index contributed by atoms with van der Waals surface area (Å²) in [6, 6.07) is 8.93. The fourth-order valence-corrected chi connectivity index (χ4v) is 6.23. The maximum atomic E-state index is 6.16. The molecule has 0 bridgehead atoms. The average Bonchev–Trinajstić information content (AvgIpc) is 2.88. The fourth-order valence-electron chi connectivity index (χ4n) is 6.23. The molecule has 2 saturated carbocycles. The third kappa shape index (κ3) is 10.6. The van der Waals surface area contributed by atoms with Crippen LogP contribution in [0.4, 0.5) is 0 Å². The standard InChI is InChI=1S/C33H54O/c1-3-5-7-11-28-15-17-30(18-16-28)13-9-10-14-31-23-25-33(26-24-31)34-27-32-21-19-29(20-22-32)12-8-6-4-2/h9,13,23-26,28-30,32H,3-8,10-12,14-22,27H2,1-2H3/b13-9+. The van der Waals surface area contributed by atoms with Gasteiger partial charge in [0.2, 0.25) is 0 Å². The van der Waals surface area contributed by atoms with E-state index in [2.05, 4.69) is 50.3 Å². The molecule has 0 saturated heterocycles. The molecule has 0 aliphatic heterocycles. The molecule has 0 amide bonds. The molecule has 2 fully saturated rings. The van der Waals surface area contributed by atoms with Crippen LogP contribution in [0.1, 0.15) is 129 Å². The van der Waals surface area contributed by atoms with E-state index in [1.54, 1.807) is 0 Å². The molecular formula is C33H54O. The van der Waals surface area contributed by atoms with Crippen LogP contribution in [0.15, 0.2) is 36.4 Å². The summed E-state index contributed by atoms with van der Waals surface area (Å²) in [6.45, 7) is 5.52. The summed E-state index contributed by atoms with van der Waals surface area (Å²) >= 11 is 0. The second kappa shape index (κ2) is 16.4. The van der Waals surface area contributed by atoms with Crippen LogP contribution >= 0.6 is 0 Å². The highest BCUT2D eigenvalue weighted by Gasteiger charge is 2.21. The van der Waals surface area contributed by atoms with Crippen molar-refractivity contribution in [1.82, 2.24) is 0 Å². The Labute approximate surface area is 212 Å². The first-order valence-corrected chi connectivity index (χ1v) is 15.1. The number of benzene rings is 1. The Kier molecular flexibility index (Phi) is 13.2. The highest BCUT2D eigenvalue weighted by Crippen LogP contribution is 2.33. The first kappa shape index (κ1) is 27.3. The fraction of sp³-hybridized carbons (Fsp3) is 0.758. The van der Waals surface area contributed by atoms with Crippen molar-refractivity contribution in [2.75, 3.05) is 6.61 Å². The van der Waals surface area contributed by atoms with Gasteiger partial charge in [-0.1, -0.05) is 102 Å². The summed E-state index contributed by atoms with van der Waals surface area (Å²) in [4.78, 5) is 0. The van der Waals surface area contributed by atoms with Crippen LogP contribution in [0, 0.1) is 23.7 Å². The van der Waals surface area contributed by atoms with Gasteiger partial charge in [0, 0.05) is 0 Å². The zero-order valence-electron chi connectivity index (χ0n) is 22.6. The minimum absolute atomic E-state index is 0.763. The predicted octanol–water partition coefficient (Wildman–Crippen LogP) is 10.3. The van der Waals surface area contributed by atoms with E-state index in [0.29, 0.717) is 0 Å². The molecule has 0 aromatic heterocycles. The van der Waals surface area contributed by atoms with Crippen molar-refractivity contribution in [1.29, 1.82) is 0 Å². The van der Waals surface area contributed by atoms with Crippen molar-refractivity contribution in [3.8, 4) is 5.75 Å². The molecule has 2 aliphatic rings. The Balaban J connectivity index is 1.25. The van der Waals surface area contributed by atoms with E-state index in [0.717, 1.165) is 48.9 Å². The van der Waals surface area contributed by atoms with E-state index in [-0.39, 0.29) is 0 Å². The Morgan fingerprint density at radius 3 is 1.85 bits per heavy atom.